The molecule has 8 nitrogen and oxygen atoms in total. The molecule has 21 heavy (non-hydrogen) atoms. The quantitative estimate of drug-likeness (QED) is 0.607. The Labute approximate surface area is 126 Å². The molecule has 1 rings (SSSR count). The van der Waals surface area contributed by atoms with Crippen LogP contribution in [0.25, 0.3) is 0 Å². The molecule has 2 N–H and O–H groups in total. The largest absolute Gasteiger partial charge is 0.449 e. The molecule has 0 aromatic rings. The highest BCUT2D eigenvalue weighted by Crippen LogP contribution is 2.18. The molecule has 1 heterocycles. The minimum atomic E-state index is -3.79. The van der Waals surface area contributed by atoms with Crippen LogP contribution in [-0.4, -0.2) is 65.3 Å². The number of hydrogen-bond donors (Lipinski definition) is 2. The van der Waals surface area contributed by atoms with Gasteiger partial charge in [0.05, 0.1) is 13.2 Å². The number of methoxy groups -OCH3 is 1. The summed E-state index contributed by atoms with van der Waals surface area (Å²) in [4.78, 5) is 11.2. The molecule has 0 atom stereocenters. The van der Waals surface area contributed by atoms with Crippen LogP contribution in [0.15, 0.2) is 0 Å². The van der Waals surface area contributed by atoms with Gasteiger partial charge in [-0.2, -0.15) is 12.7 Å². The first-order valence-electron chi connectivity index (χ1n) is 7.14. The summed E-state index contributed by atoms with van der Waals surface area (Å²) in [7, 11) is -2.13. The molecule has 0 bridgehead atoms. The lowest BCUT2D eigenvalue weighted by molar-refractivity contribution is 0.157. The molecule has 1 saturated heterocycles. The van der Waals surface area contributed by atoms with E-state index in [1.807, 2.05) is 4.72 Å². The van der Waals surface area contributed by atoms with Gasteiger partial charge in [-0.1, -0.05) is 0 Å². The molecular formula is C12H25N3O5S. The minimum Gasteiger partial charge on any atom is -0.449 e. The van der Waals surface area contributed by atoms with Gasteiger partial charge in [0.1, 0.15) is 0 Å². The van der Waals surface area contributed by atoms with Crippen molar-refractivity contribution in [3.63, 3.8) is 0 Å². The monoisotopic (exact) mass is 323 g/mol. The topological polar surface area (TPSA) is 97.0 Å². The second kappa shape index (κ2) is 9.19. The van der Waals surface area contributed by atoms with Crippen molar-refractivity contribution in [2.45, 2.75) is 19.8 Å². The number of nitrogens with zero attached hydrogens (tertiary/aromatic N) is 1. The molecule has 9 heteroatoms. The third kappa shape index (κ3) is 6.60. The van der Waals surface area contributed by atoms with E-state index >= 15 is 0 Å². The Kier molecular flexibility index (Phi) is 7.94. The van der Waals surface area contributed by atoms with Gasteiger partial charge in [-0.05, 0) is 32.2 Å². The van der Waals surface area contributed by atoms with Gasteiger partial charge >= 0.3 is 16.3 Å². The summed E-state index contributed by atoms with van der Waals surface area (Å²) in [5.74, 6) is 0.441. The van der Waals surface area contributed by atoms with E-state index in [1.54, 1.807) is 14.0 Å². The van der Waals surface area contributed by atoms with Gasteiger partial charge in [-0.25, -0.2) is 9.52 Å². The average Bonchev–Trinajstić information content (AvgIpc) is 2.44. The van der Waals surface area contributed by atoms with Gasteiger partial charge in [-0.3, -0.25) is 0 Å². The Bertz CT molecular complexity index is 407. The standard InChI is InChI=1S/C12H25N3O5S/c1-3-20-12(16)14-21(17,18)15-7-4-11(5-8-15)10-13-6-9-19-2/h11,13H,3-10H2,1-2H3,(H,14,16). The van der Waals surface area contributed by atoms with Crippen molar-refractivity contribution >= 4 is 16.3 Å². The zero-order valence-corrected chi connectivity index (χ0v) is 13.4. The molecule has 0 aromatic heterocycles. The Morgan fingerprint density at radius 3 is 2.57 bits per heavy atom. The summed E-state index contributed by atoms with van der Waals surface area (Å²) in [5.41, 5.74) is 0. The molecule has 1 aliphatic heterocycles. The summed E-state index contributed by atoms with van der Waals surface area (Å²) in [6.07, 6.45) is 0.605. The number of carbonyl (C=O) groups is 1. The van der Waals surface area contributed by atoms with Crippen molar-refractivity contribution in [3.05, 3.63) is 0 Å². The van der Waals surface area contributed by atoms with Crippen LogP contribution in [0.1, 0.15) is 19.8 Å². The Morgan fingerprint density at radius 1 is 1.33 bits per heavy atom. The predicted octanol–water partition coefficient (Wildman–Crippen LogP) is -0.0747. The van der Waals surface area contributed by atoms with Crippen LogP contribution in [0.5, 0.6) is 0 Å². The first-order valence-corrected chi connectivity index (χ1v) is 8.58. The second-order valence-electron chi connectivity index (χ2n) is 4.87. The highest BCUT2D eigenvalue weighted by Gasteiger charge is 2.29. The lowest BCUT2D eigenvalue weighted by Gasteiger charge is -2.30. The second-order valence-corrected chi connectivity index (χ2v) is 6.54. The fraction of sp³-hybridized carbons (Fsp3) is 0.917. The van der Waals surface area contributed by atoms with Crippen molar-refractivity contribution < 1.29 is 22.7 Å². The number of nitrogens with one attached hydrogen (secondary N) is 2. The summed E-state index contributed by atoms with van der Waals surface area (Å²) in [5, 5.41) is 3.28. The maximum absolute atomic E-state index is 12.0. The van der Waals surface area contributed by atoms with Crippen LogP contribution in [-0.2, 0) is 19.7 Å². The fourth-order valence-electron chi connectivity index (χ4n) is 2.16. The average molecular weight is 323 g/mol. The molecule has 0 aromatic carbocycles. The zero-order chi connectivity index (χ0) is 15.7. The zero-order valence-electron chi connectivity index (χ0n) is 12.6. The fourth-order valence-corrected chi connectivity index (χ4v) is 3.25. The lowest BCUT2D eigenvalue weighted by Crippen LogP contribution is -2.48. The van der Waals surface area contributed by atoms with E-state index in [1.165, 1.54) is 4.31 Å². The van der Waals surface area contributed by atoms with Crippen molar-refractivity contribution in [2.24, 2.45) is 5.92 Å². The normalized spacial score (nSPS) is 17.6. The van der Waals surface area contributed by atoms with Crippen LogP contribution in [0.3, 0.4) is 0 Å². The highest BCUT2D eigenvalue weighted by molar-refractivity contribution is 7.87. The summed E-state index contributed by atoms with van der Waals surface area (Å²) in [6, 6.07) is 0. The van der Waals surface area contributed by atoms with E-state index in [-0.39, 0.29) is 6.61 Å². The molecule has 0 spiro atoms. The van der Waals surface area contributed by atoms with Gasteiger partial charge < -0.3 is 14.8 Å². The Morgan fingerprint density at radius 2 is 2.00 bits per heavy atom. The number of carbonyl (C=O) groups excluding carboxylic acids is 1. The Hall–Kier alpha value is -0.900. The molecule has 1 aliphatic rings. The molecule has 1 fully saturated rings. The smallest absolute Gasteiger partial charge is 0.421 e. The van der Waals surface area contributed by atoms with Gasteiger partial charge in [-0.15, -0.1) is 0 Å². The SMILES string of the molecule is CCOC(=O)NS(=O)(=O)N1CCC(CNCCOC)CC1. The third-order valence-corrected chi connectivity index (χ3v) is 4.79. The van der Waals surface area contributed by atoms with E-state index < -0.39 is 16.3 Å². The van der Waals surface area contributed by atoms with Gasteiger partial charge in [0.15, 0.2) is 0 Å². The maximum Gasteiger partial charge on any atom is 0.421 e. The molecule has 0 unspecified atom stereocenters. The lowest BCUT2D eigenvalue weighted by atomic mass is 9.98. The minimum absolute atomic E-state index is 0.135. The summed E-state index contributed by atoms with van der Waals surface area (Å²) in [6.45, 7) is 4.88. The van der Waals surface area contributed by atoms with Crippen LogP contribution >= 0.6 is 0 Å². The predicted molar refractivity (Wildman–Crippen MR) is 78.1 cm³/mol. The van der Waals surface area contributed by atoms with Crippen molar-refractivity contribution in [1.29, 1.82) is 0 Å². The van der Waals surface area contributed by atoms with E-state index in [0.717, 1.165) is 25.9 Å². The van der Waals surface area contributed by atoms with Gasteiger partial charge in [0.2, 0.25) is 0 Å². The molecule has 1 amide bonds. The number of amides is 1. The van der Waals surface area contributed by atoms with E-state index in [2.05, 4.69) is 10.1 Å². The highest BCUT2D eigenvalue weighted by atomic mass is 32.2. The molecular weight excluding hydrogens is 298 g/mol. The van der Waals surface area contributed by atoms with E-state index in [0.29, 0.717) is 25.6 Å². The molecule has 0 radical (unpaired) electrons. The van der Waals surface area contributed by atoms with Crippen molar-refractivity contribution in [3.8, 4) is 0 Å². The molecule has 124 valence electrons. The molecule has 0 saturated carbocycles. The Balaban J connectivity index is 2.32. The van der Waals surface area contributed by atoms with Crippen LogP contribution in [0, 0.1) is 5.92 Å². The number of ether oxygens (including phenoxy) is 2. The maximum atomic E-state index is 12.0. The summed E-state index contributed by atoms with van der Waals surface area (Å²) >= 11 is 0. The number of piperidine rings is 1. The summed E-state index contributed by atoms with van der Waals surface area (Å²) < 4.78 is 36.6. The molecule has 0 aliphatic carbocycles. The van der Waals surface area contributed by atoms with Crippen molar-refractivity contribution in [1.82, 2.24) is 14.3 Å². The van der Waals surface area contributed by atoms with E-state index in [4.69, 9.17) is 4.74 Å². The number of hydrogen-bond acceptors (Lipinski definition) is 6. The third-order valence-electron chi connectivity index (χ3n) is 3.32. The van der Waals surface area contributed by atoms with E-state index in [9.17, 15) is 13.2 Å². The van der Waals surface area contributed by atoms with Gasteiger partial charge in [0, 0.05) is 26.7 Å². The number of rotatable bonds is 8. The van der Waals surface area contributed by atoms with Crippen molar-refractivity contribution in [2.75, 3.05) is 46.5 Å². The first kappa shape index (κ1) is 18.1. The van der Waals surface area contributed by atoms with Crippen LogP contribution in [0.2, 0.25) is 0 Å². The van der Waals surface area contributed by atoms with Gasteiger partial charge in [0.25, 0.3) is 0 Å². The first-order chi connectivity index (χ1) is 9.99. The van der Waals surface area contributed by atoms with Crippen LogP contribution < -0.4 is 10.0 Å². The van der Waals surface area contributed by atoms with Crippen LogP contribution in [0.4, 0.5) is 4.79 Å².